The Balaban J connectivity index is 2.42. The van der Waals surface area contributed by atoms with Crippen LogP contribution in [0.4, 0.5) is 5.69 Å². The number of carbonyl (C=O) groups excluding carboxylic acids is 1. The number of rotatable bonds is 9. The Morgan fingerprint density at radius 3 is 2.69 bits per heavy atom. The van der Waals surface area contributed by atoms with Crippen LogP contribution in [0.25, 0.3) is 0 Å². The number of nitrogens with zero attached hydrogens (tertiary/aromatic N) is 2. The van der Waals surface area contributed by atoms with Crippen LogP contribution in [0, 0.1) is 18.3 Å². The first-order valence-electron chi connectivity index (χ1n) is 8.75. The Kier molecular flexibility index (Phi) is 7.65. The van der Waals surface area contributed by atoms with Gasteiger partial charge < -0.3 is 15.0 Å². The lowest BCUT2D eigenvalue weighted by atomic mass is 10.0. The Labute approximate surface area is 160 Å². The van der Waals surface area contributed by atoms with Crippen LogP contribution in [0.5, 0.6) is 0 Å². The molecular weight excluding hydrogens is 346 g/mol. The molecule has 136 valence electrons. The molecule has 0 aliphatic carbocycles. The predicted molar refractivity (Wildman–Crippen MR) is 107 cm³/mol. The van der Waals surface area contributed by atoms with Crippen LogP contribution >= 0.6 is 11.6 Å². The highest BCUT2D eigenvalue weighted by Gasteiger charge is 2.20. The van der Waals surface area contributed by atoms with Gasteiger partial charge in [-0.25, -0.2) is 0 Å². The van der Waals surface area contributed by atoms with Crippen LogP contribution in [0.3, 0.4) is 0 Å². The van der Waals surface area contributed by atoms with Crippen molar-refractivity contribution in [1.82, 2.24) is 5.32 Å². The van der Waals surface area contributed by atoms with Crippen molar-refractivity contribution in [3.63, 3.8) is 0 Å². The normalized spacial score (nSPS) is 11.6. The molecule has 0 aromatic heterocycles. The van der Waals surface area contributed by atoms with Gasteiger partial charge in [-0.3, -0.25) is 0 Å². The summed E-state index contributed by atoms with van der Waals surface area (Å²) < 4.78 is 0. The third-order valence-corrected chi connectivity index (χ3v) is 4.76. The zero-order valence-corrected chi connectivity index (χ0v) is 16.0. The van der Waals surface area contributed by atoms with E-state index >= 15 is 0 Å². The quantitative estimate of drug-likeness (QED) is 0.676. The monoisotopic (exact) mass is 369 g/mol. The third-order valence-electron chi connectivity index (χ3n) is 4.45. The zero-order chi connectivity index (χ0) is 18.9. The van der Waals surface area contributed by atoms with Gasteiger partial charge in [0.25, 0.3) is 0 Å². The second-order valence-corrected chi connectivity index (χ2v) is 6.60. The summed E-state index contributed by atoms with van der Waals surface area (Å²) in [5.74, 6) is 0. The molecule has 0 aliphatic heterocycles. The van der Waals surface area contributed by atoms with Gasteiger partial charge in [-0.05, 0) is 42.8 Å². The molecule has 26 heavy (non-hydrogen) atoms. The van der Waals surface area contributed by atoms with Crippen molar-refractivity contribution in [2.75, 3.05) is 18.0 Å². The highest BCUT2D eigenvalue weighted by molar-refractivity contribution is 6.32. The van der Waals surface area contributed by atoms with E-state index in [2.05, 4.69) is 35.3 Å². The number of carbonyl (C=O) groups is 1. The highest BCUT2D eigenvalue weighted by atomic mass is 35.5. The molecule has 2 aromatic carbocycles. The number of aryl methyl sites for hydroxylation is 1. The Morgan fingerprint density at radius 1 is 1.31 bits per heavy atom. The van der Waals surface area contributed by atoms with E-state index in [1.54, 1.807) is 6.07 Å². The van der Waals surface area contributed by atoms with E-state index in [9.17, 15) is 4.79 Å². The van der Waals surface area contributed by atoms with E-state index in [0.29, 0.717) is 30.1 Å². The average molecular weight is 370 g/mol. The number of anilines is 1. The minimum absolute atomic E-state index is 0.00365. The minimum Gasteiger partial charge on any atom is -0.362 e. The lowest BCUT2D eigenvalue weighted by Gasteiger charge is -2.34. The van der Waals surface area contributed by atoms with Gasteiger partial charge in [0.15, 0.2) is 0 Å². The van der Waals surface area contributed by atoms with Crippen LogP contribution in [-0.2, 0) is 11.3 Å². The molecule has 0 saturated carbocycles. The smallest absolute Gasteiger partial charge is 0.122 e. The summed E-state index contributed by atoms with van der Waals surface area (Å²) in [6, 6.07) is 15.7. The summed E-state index contributed by atoms with van der Waals surface area (Å²) in [7, 11) is 0. The second-order valence-electron chi connectivity index (χ2n) is 6.19. The summed E-state index contributed by atoms with van der Waals surface area (Å²) in [6.45, 7) is 6.32. The van der Waals surface area contributed by atoms with Crippen molar-refractivity contribution in [2.24, 2.45) is 0 Å². The van der Waals surface area contributed by atoms with Crippen LogP contribution in [0.2, 0.25) is 5.02 Å². The molecule has 0 fully saturated rings. The van der Waals surface area contributed by atoms with Crippen molar-refractivity contribution in [1.29, 1.82) is 5.26 Å². The number of hydrogen-bond donors (Lipinski definition) is 1. The van der Waals surface area contributed by atoms with Gasteiger partial charge in [0.05, 0.1) is 10.6 Å². The second kappa shape index (κ2) is 9.96. The standard InChI is InChI=1S/C21H24ClN3O/c1-3-24-14-20(10-11-26)25(15-18-7-5-4-6-16(18)2)19-9-8-17(13-23)21(22)12-19/h4-9,11-12,20,24H,3,10,14-15H2,1-2H3/t20-/m0/s1. The first kappa shape index (κ1) is 20.0. The van der Waals surface area contributed by atoms with Gasteiger partial charge in [0.2, 0.25) is 0 Å². The molecule has 0 bridgehead atoms. The molecule has 2 rings (SSSR count). The van der Waals surface area contributed by atoms with E-state index < -0.39 is 0 Å². The molecule has 0 radical (unpaired) electrons. The van der Waals surface area contributed by atoms with Crippen LogP contribution in [0.1, 0.15) is 30.0 Å². The number of aldehydes is 1. The summed E-state index contributed by atoms with van der Waals surface area (Å²) in [5.41, 5.74) is 3.75. The first-order valence-corrected chi connectivity index (χ1v) is 9.13. The van der Waals surface area contributed by atoms with E-state index in [1.807, 2.05) is 31.2 Å². The molecular formula is C21H24ClN3O. The van der Waals surface area contributed by atoms with Crippen molar-refractivity contribution in [3.05, 3.63) is 64.2 Å². The van der Waals surface area contributed by atoms with Crippen molar-refractivity contribution < 1.29 is 4.79 Å². The van der Waals surface area contributed by atoms with Crippen molar-refractivity contribution in [3.8, 4) is 6.07 Å². The van der Waals surface area contributed by atoms with Gasteiger partial charge >= 0.3 is 0 Å². The fourth-order valence-corrected chi connectivity index (χ4v) is 3.14. The molecule has 1 atom stereocenters. The fourth-order valence-electron chi connectivity index (χ4n) is 2.92. The first-order chi connectivity index (χ1) is 12.6. The summed E-state index contributed by atoms with van der Waals surface area (Å²) in [5, 5.41) is 12.9. The van der Waals surface area contributed by atoms with Crippen LogP contribution in [0.15, 0.2) is 42.5 Å². The minimum atomic E-state index is -0.00365. The number of halogens is 1. The molecule has 0 amide bonds. The number of nitriles is 1. The summed E-state index contributed by atoms with van der Waals surface area (Å²) in [4.78, 5) is 13.5. The third kappa shape index (κ3) is 5.08. The molecule has 0 spiro atoms. The van der Waals surface area contributed by atoms with Crippen molar-refractivity contribution in [2.45, 2.75) is 32.9 Å². The number of likely N-dealkylation sites (N-methyl/N-ethyl adjacent to an activating group) is 1. The largest absolute Gasteiger partial charge is 0.362 e. The van der Waals surface area contributed by atoms with Gasteiger partial charge in [-0.1, -0.05) is 42.8 Å². The van der Waals surface area contributed by atoms with Gasteiger partial charge in [0.1, 0.15) is 12.4 Å². The van der Waals surface area contributed by atoms with E-state index in [1.165, 1.54) is 11.1 Å². The topological polar surface area (TPSA) is 56.1 Å². The average Bonchev–Trinajstić information content (AvgIpc) is 2.64. The number of hydrogen-bond acceptors (Lipinski definition) is 4. The zero-order valence-electron chi connectivity index (χ0n) is 15.2. The molecule has 1 N–H and O–H groups in total. The summed E-state index contributed by atoms with van der Waals surface area (Å²) in [6.07, 6.45) is 1.37. The highest BCUT2D eigenvalue weighted by Crippen LogP contribution is 2.27. The van der Waals surface area contributed by atoms with Crippen LogP contribution < -0.4 is 10.2 Å². The molecule has 4 nitrogen and oxygen atoms in total. The molecule has 0 unspecified atom stereocenters. The molecule has 0 aliphatic rings. The van der Waals surface area contributed by atoms with Gasteiger partial charge in [-0.15, -0.1) is 0 Å². The SMILES string of the molecule is CCNC[C@H](CC=O)N(Cc1ccccc1C)c1ccc(C#N)c(Cl)c1. The Morgan fingerprint density at radius 2 is 2.08 bits per heavy atom. The number of nitrogens with one attached hydrogen (secondary N) is 1. The van der Waals surface area contributed by atoms with Gasteiger partial charge in [0, 0.05) is 31.2 Å². The molecule has 2 aromatic rings. The van der Waals surface area contributed by atoms with Gasteiger partial charge in [-0.2, -0.15) is 5.26 Å². The Bertz CT molecular complexity index is 785. The van der Waals surface area contributed by atoms with Crippen LogP contribution in [-0.4, -0.2) is 25.4 Å². The fraction of sp³-hybridized carbons (Fsp3) is 0.333. The van der Waals surface area contributed by atoms with E-state index in [0.717, 1.165) is 18.5 Å². The Hall–Kier alpha value is -2.35. The van der Waals surface area contributed by atoms with E-state index in [-0.39, 0.29) is 6.04 Å². The maximum atomic E-state index is 11.3. The van der Waals surface area contributed by atoms with E-state index in [4.69, 9.17) is 16.9 Å². The number of benzene rings is 2. The molecule has 0 saturated heterocycles. The predicted octanol–water partition coefficient (Wildman–Crippen LogP) is 4.09. The lowest BCUT2D eigenvalue weighted by molar-refractivity contribution is -0.108. The molecule has 5 heteroatoms. The maximum absolute atomic E-state index is 11.3. The van der Waals surface area contributed by atoms with Crippen molar-refractivity contribution >= 4 is 23.6 Å². The summed E-state index contributed by atoms with van der Waals surface area (Å²) >= 11 is 6.26. The maximum Gasteiger partial charge on any atom is 0.122 e. The molecule has 0 heterocycles. The lowest BCUT2D eigenvalue weighted by Crippen LogP contribution is -2.42.